The maximum atomic E-state index is 13.4. The highest BCUT2D eigenvalue weighted by Crippen LogP contribution is 2.27. The van der Waals surface area contributed by atoms with Gasteiger partial charge in [0.15, 0.2) is 22.5 Å². The molecule has 0 aliphatic heterocycles. The van der Waals surface area contributed by atoms with Crippen LogP contribution in [0.1, 0.15) is 6.92 Å². The van der Waals surface area contributed by atoms with E-state index in [9.17, 15) is 9.18 Å². The second-order valence-corrected chi connectivity index (χ2v) is 7.21. The van der Waals surface area contributed by atoms with Gasteiger partial charge >= 0.3 is 5.97 Å². The molecule has 0 unspecified atom stereocenters. The lowest BCUT2D eigenvalue weighted by molar-refractivity contribution is -0.141. The van der Waals surface area contributed by atoms with E-state index in [1.807, 2.05) is 29.0 Å². The maximum absolute atomic E-state index is 13.4. The molecule has 0 aliphatic rings. The molecule has 1 aromatic carbocycles. The molecule has 0 fully saturated rings. The predicted octanol–water partition coefficient (Wildman–Crippen LogP) is 3.88. The van der Waals surface area contributed by atoms with Crippen LogP contribution in [0.2, 0.25) is 0 Å². The van der Waals surface area contributed by atoms with Crippen molar-refractivity contribution >= 4 is 29.1 Å². The first-order valence-corrected chi connectivity index (χ1v) is 10.2. The zero-order valence-electron chi connectivity index (χ0n) is 14.6. The first-order chi connectivity index (χ1) is 13.2. The van der Waals surface area contributed by atoms with Crippen LogP contribution in [-0.2, 0) is 16.1 Å². The van der Waals surface area contributed by atoms with Gasteiger partial charge in [-0.05, 0) is 30.5 Å². The third kappa shape index (κ3) is 5.08. The average molecular weight is 407 g/mol. The molecule has 0 N–H and O–H groups in total. The van der Waals surface area contributed by atoms with Crippen molar-refractivity contribution in [1.29, 1.82) is 0 Å². The van der Waals surface area contributed by atoms with Crippen molar-refractivity contribution in [2.24, 2.45) is 0 Å². The molecule has 0 saturated carbocycles. The van der Waals surface area contributed by atoms with E-state index in [1.165, 1.54) is 23.9 Å². The number of hydrogen-bond acceptors (Lipinski definition) is 7. The second-order valence-electron chi connectivity index (χ2n) is 5.32. The van der Waals surface area contributed by atoms with E-state index >= 15 is 0 Å². The number of halogens is 1. The number of carbonyl (C=O) groups is 1. The highest BCUT2D eigenvalue weighted by atomic mass is 32.2. The number of aromatic nitrogens is 3. The van der Waals surface area contributed by atoms with Gasteiger partial charge < -0.3 is 14.0 Å². The van der Waals surface area contributed by atoms with Gasteiger partial charge in [-0.2, -0.15) is 0 Å². The molecule has 3 aromatic rings. The first kappa shape index (κ1) is 19.4. The molecule has 0 saturated heterocycles. The van der Waals surface area contributed by atoms with Crippen molar-refractivity contribution in [3.63, 3.8) is 0 Å². The largest absolute Gasteiger partial charge is 0.487 e. The number of hydrogen-bond donors (Lipinski definition) is 0. The summed E-state index contributed by atoms with van der Waals surface area (Å²) < 4.78 is 25.7. The molecule has 6 nitrogen and oxygen atoms in total. The number of para-hydroxylation sites is 1. The number of ether oxygens (including phenoxy) is 2. The van der Waals surface area contributed by atoms with Crippen LogP contribution in [-0.4, -0.2) is 39.7 Å². The molecule has 0 radical (unpaired) electrons. The van der Waals surface area contributed by atoms with Crippen molar-refractivity contribution in [1.82, 2.24) is 14.8 Å². The van der Waals surface area contributed by atoms with Crippen LogP contribution in [0, 0.1) is 5.82 Å². The van der Waals surface area contributed by atoms with Gasteiger partial charge in [-0.1, -0.05) is 30.0 Å². The number of thiophene rings is 1. The van der Waals surface area contributed by atoms with Crippen LogP contribution < -0.4 is 4.74 Å². The van der Waals surface area contributed by atoms with E-state index in [0.29, 0.717) is 11.7 Å². The van der Waals surface area contributed by atoms with Crippen LogP contribution in [0.25, 0.3) is 10.7 Å². The Morgan fingerprint density at radius 2 is 2.07 bits per heavy atom. The zero-order valence-corrected chi connectivity index (χ0v) is 16.3. The summed E-state index contributed by atoms with van der Waals surface area (Å²) in [5.74, 6) is 0.212. The number of nitrogens with zero attached hydrogens (tertiary/aromatic N) is 3. The Kier molecular flexibility index (Phi) is 6.83. The van der Waals surface area contributed by atoms with Gasteiger partial charge in [0.05, 0.1) is 10.6 Å². The third-order valence-electron chi connectivity index (χ3n) is 3.53. The molecule has 9 heteroatoms. The molecule has 0 atom stereocenters. The molecule has 142 valence electrons. The molecule has 0 aliphatic carbocycles. The molecular weight excluding hydrogens is 389 g/mol. The smallest absolute Gasteiger partial charge is 0.316 e. The lowest BCUT2D eigenvalue weighted by atomic mass is 10.3. The molecule has 0 spiro atoms. The van der Waals surface area contributed by atoms with Crippen molar-refractivity contribution in [2.45, 2.75) is 18.6 Å². The summed E-state index contributed by atoms with van der Waals surface area (Å²) in [6, 6.07) is 10.0. The highest BCUT2D eigenvalue weighted by Gasteiger charge is 2.15. The zero-order chi connectivity index (χ0) is 19.1. The minimum absolute atomic E-state index is 0.0502. The Balaban J connectivity index is 1.45. The Labute approximate surface area is 164 Å². The summed E-state index contributed by atoms with van der Waals surface area (Å²) in [4.78, 5) is 12.9. The maximum Gasteiger partial charge on any atom is 0.316 e. The molecule has 27 heavy (non-hydrogen) atoms. The van der Waals surface area contributed by atoms with Gasteiger partial charge in [0.1, 0.15) is 13.2 Å². The number of benzene rings is 1. The molecule has 0 amide bonds. The van der Waals surface area contributed by atoms with E-state index in [2.05, 4.69) is 10.2 Å². The minimum atomic E-state index is -0.445. The molecule has 0 bridgehead atoms. The second kappa shape index (κ2) is 9.52. The van der Waals surface area contributed by atoms with Crippen LogP contribution in [0.3, 0.4) is 0 Å². The fraction of sp³-hybridized carbons (Fsp3) is 0.278. The van der Waals surface area contributed by atoms with E-state index in [1.54, 1.807) is 23.5 Å². The topological polar surface area (TPSA) is 66.2 Å². The minimum Gasteiger partial charge on any atom is -0.487 e. The number of carbonyl (C=O) groups excluding carboxylic acids is 1. The van der Waals surface area contributed by atoms with Gasteiger partial charge in [0, 0.05) is 6.54 Å². The van der Waals surface area contributed by atoms with Crippen molar-refractivity contribution in [3.8, 4) is 16.5 Å². The molecule has 2 aromatic heterocycles. The molecule has 3 rings (SSSR count). The van der Waals surface area contributed by atoms with Gasteiger partial charge in [-0.15, -0.1) is 21.5 Å². The van der Waals surface area contributed by atoms with E-state index in [0.717, 1.165) is 10.7 Å². The molecular formula is C18H18FN3O3S2. The van der Waals surface area contributed by atoms with Gasteiger partial charge in [-0.25, -0.2) is 4.39 Å². The van der Waals surface area contributed by atoms with Crippen molar-refractivity contribution in [3.05, 3.63) is 47.6 Å². The number of rotatable bonds is 9. The number of thioether (sulfide) groups is 1. The summed E-state index contributed by atoms with van der Waals surface area (Å²) in [5, 5.41) is 11.0. The quantitative estimate of drug-likeness (QED) is 0.305. The normalized spacial score (nSPS) is 10.7. The Bertz CT molecular complexity index is 884. The Hall–Kier alpha value is -2.39. The van der Waals surface area contributed by atoms with Gasteiger partial charge in [0.2, 0.25) is 0 Å². The van der Waals surface area contributed by atoms with Crippen molar-refractivity contribution < 1.29 is 18.7 Å². The summed E-state index contributed by atoms with van der Waals surface area (Å²) in [6.07, 6.45) is 0. The standard InChI is InChI=1S/C18H18FN3O3S2/c1-2-22-17(15-8-5-11-26-15)20-21-18(22)27-12-16(23)25-10-9-24-14-7-4-3-6-13(14)19/h3-8,11H,2,9-10,12H2,1H3. The van der Waals surface area contributed by atoms with E-state index < -0.39 is 5.82 Å². The fourth-order valence-corrected chi connectivity index (χ4v) is 3.82. The van der Waals surface area contributed by atoms with Gasteiger partial charge in [-0.3, -0.25) is 4.79 Å². The molecule has 2 heterocycles. The van der Waals surface area contributed by atoms with Crippen LogP contribution >= 0.6 is 23.1 Å². The van der Waals surface area contributed by atoms with Crippen LogP contribution in [0.15, 0.2) is 46.9 Å². The van der Waals surface area contributed by atoms with E-state index in [4.69, 9.17) is 9.47 Å². The van der Waals surface area contributed by atoms with Gasteiger partial charge in [0.25, 0.3) is 0 Å². The fourth-order valence-electron chi connectivity index (χ4n) is 2.30. The average Bonchev–Trinajstić information content (AvgIpc) is 3.33. The SMILES string of the molecule is CCn1c(SCC(=O)OCCOc2ccccc2F)nnc1-c1cccs1. The Morgan fingerprint density at radius 1 is 1.22 bits per heavy atom. The third-order valence-corrected chi connectivity index (χ3v) is 5.34. The first-order valence-electron chi connectivity index (χ1n) is 8.32. The highest BCUT2D eigenvalue weighted by molar-refractivity contribution is 7.99. The Morgan fingerprint density at radius 3 is 2.81 bits per heavy atom. The summed E-state index contributed by atoms with van der Waals surface area (Å²) in [7, 11) is 0. The number of esters is 1. The van der Waals surface area contributed by atoms with Crippen LogP contribution in [0.4, 0.5) is 4.39 Å². The monoisotopic (exact) mass is 407 g/mol. The summed E-state index contributed by atoms with van der Waals surface area (Å²) in [5.41, 5.74) is 0. The lowest BCUT2D eigenvalue weighted by Gasteiger charge is -2.08. The summed E-state index contributed by atoms with van der Waals surface area (Å²) in [6.45, 7) is 2.84. The van der Waals surface area contributed by atoms with Crippen LogP contribution in [0.5, 0.6) is 5.75 Å². The van der Waals surface area contributed by atoms with E-state index in [-0.39, 0.29) is 30.7 Å². The summed E-state index contributed by atoms with van der Waals surface area (Å²) >= 11 is 2.86. The van der Waals surface area contributed by atoms with Crippen molar-refractivity contribution in [2.75, 3.05) is 19.0 Å². The predicted molar refractivity (Wildman–Crippen MR) is 103 cm³/mol. The lowest BCUT2D eigenvalue weighted by Crippen LogP contribution is -2.14.